The van der Waals surface area contributed by atoms with Crippen molar-refractivity contribution in [3.63, 3.8) is 0 Å². The fourth-order valence-electron chi connectivity index (χ4n) is 3.67. The maximum atomic E-state index is 13.9. The smallest absolute Gasteiger partial charge is 0.263 e. The Morgan fingerprint density at radius 3 is 2.78 bits per heavy atom. The second-order valence-electron chi connectivity index (χ2n) is 7.23. The van der Waals surface area contributed by atoms with E-state index in [1.54, 1.807) is 24.3 Å². The second kappa shape index (κ2) is 7.89. The summed E-state index contributed by atoms with van der Waals surface area (Å²) in [6.07, 6.45) is 2.95. The number of H-pyrrole nitrogens is 1. The van der Waals surface area contributed by atoms with Crippen molar-refractivity contribution < 1.29 is 4.39 Å². The second-order valence-corrected chi connectivity index (χ2v) is 8.07. The van der Waals surface area contributed by atoms with Gasteiger partial charge in [-0.15, -0.1) is 0 Å². The van der Waals surface area contributed by atoms with Crippen LogP contribution in [0, 0.1) is 5.82 Å². The highest BCUT2D eigenvalue weighted by Crippen LogP contribution is 2.30. The van der Waals surface area contributed by atoms with Gasteiger partial charge in [0.05, 0.1) is 28.5 Å². The van der Waals surface area contributed by atoms with Crippen molar-refractivity contribution >= 4 is 51.0 Å². The minimum atomic E-state index is -0.501. The van der Waals surface area contributed by atoms with E-state index >= 15 is 0 Å². The Morgan fingerprint density at radius 1 is 1.09 bits per heavy atom. The van der Waals surface area contributed by atoms with E-state index in [9.17, 15) is 9.18 Å². The van der Waals surface area contributed by atoms with Gasteiger partial charge in [-0.25, -0.2) is 19.3 Å². The Balaban J connectivity index is 1.74. The predicted molar refractivity (Wildman–Crippen MR) is 123 cm³/mol. The molecule has 0 fully saturated rings. The molecule has 0 saturated heterocycles. The number of imidazole rings is 1. The summed E-state index contributed by atoms with van der Waals surface area (Å²) >= 11 is 12.6. The highest BCUT2D eigenvalue weighted by atomic mass is 35.5. The van der Waals surface area contributed by atoms with Crippen molar-refractivity contribution in [3.05, 3.63) is 87.0 Å². The minimum Gasteiger partial charge on any atom is -0.360 e. The number of aromatic amines is 1. The van der Waals surface area contributed by atoms with Gasteiger partial charge >= 0.3 is 0 Å². The van der Waals surface area contributed by atoms with Gasteiger partial charge in [-0.1, -0.05) is 29.3 Å². The molecule has 1 atom stereocenters. The number of nitrogens with zero attached hydrogens (tertiary/aromatic N) is 4. The van der Waals surface area contributed by atoms with Gasteiger partial charge < -0.3 is 10.3 Å². The Hall–Kier alpha value is -3.49. The summed E-state index contributed by atoms with van der Waals surface area (Å²) in [6.45, 7) is 1.87. The van der Waals surface area contributed by atoms with E-state index in [0.29, 0.717) is 43.8 Å². The highest BCUT2D eigenvalue weighted by Gasteiger charge is 2.20. The van der Waals surface area contributed by atoms with Crippen LogP contribution in [0.2, 0.25) is 10.0 Å². The first-order valence-corrected chi connectivity index (χ1v) is 10.4. The van der Waals surface area contributed by atoms with Crippen LogP contribution < -0.4 is 10.9 Å². The lowest BCUT2D eigenvalue weighted by Crippen LogP contribution is -2.26. The lowest BCUT2D eigenvalue weighted by molar-refractivity contribution is 0.629. The molecule has 0 amide bonds. The van der Waals surface area contributed by atoms with Gasteiger partial charge in [-0.3, -0.25) is 9.36 Å². The SMILES string of the molecule is C[C@H](Nc1ncnc2[nH]cnc12)c1cc2ccc(F)cc2c(=O)n1-c1cc(Cl)ccc1Cl. The quantitative estimate of drug-likeness (QED) is 0.374. The molecule has 7 nitrogen and oxygen atoms in total. The zero-order chi connectivity index (χ0) is 22.4. The van der Waals surface area contributed by atoms with Crippen LogP contribution >= 0.6 is 23.2 Å². The molecule has 0 unspecified atom stereocenters. The topological polar surface area (TPSA) is 88.5 Å². The van der Waals surface area contributed by atoms with Crippen molar-refractivity contribution in [2.24, 2.45) is 0 Å². The Labute approximate surface area is 190 Å². The van der Waals surface area contributed by atoms with Gasteiger partial charge in [-0.05, 0) is 48.7 Å². The van der Waals surface area contributed by atoms with Gasteiger partial charge in [0.1, 0.15) is 17.7 Å². The largest absolute Gasteiger partial charge is 0.360 e. The average molecular weight is 469 g/mol. The molecular weight excluding hydrogens is 454 g/mol. The van der Waals surface area contributed by atoms with E-state index in [4.69, 9.17) is 23.2 Å². The molecular formula is C22H15Cl2FN6O. The summed E-state index contributed by atoms with van der Waals surface area (Å²) < 4.78 is 15.4. The van der Waals surface area contributed by atoms with Crippen LogP contribution in [0.4, 0.5) is 10.2 Å². The van der Waals surface area contributed by atoms with E-state index in [-0.39, 0.29) is 5.39 Å². The normalized spacial score (nSPS) is 12.4. The number of pyridine rings is 1. The van der Waals surface area contributed by atoms with Crippen LogP contribution in [0.1, 0.15) is 18.7 Å². The number of rotatable bonds is 4. The number of aromatic nitrogens is 5. The van der Waals surface area contributed by atoms with E-state index in [1.165, 1.54) is 29.4 Å². The first-order valence-electron chi connectivity index (χ1n) is 9.63. The summed E-state index contributed by atoms with van der Waals surface area (Å²) in [4.78, 5) is 29.1. The summed E-state index contributed by atoms with van der Waals surface area (Å²) in [5.41, 5.74) is 1.71. The van der Waals surface area contributed by atoms with E-state index in [0.717, 1.165) is 0 Å². The minimum absolute atomic E-state index is 0.230. The molecule has 5 rings (SSSR count). The molecule has 32 heavy (non-hydrogen) atoms. The third-order valence-electron chi connectivity index (χ3n) is 5.17. The molecule has 0 spiro atoms. The zero-order valence-electron chi connectivity index (χ0n) is 16.6. The molecule has 2 N–H and O–H groups in total. The molecule has 0 bridgehead atoms. The first-order chi connectivity index (χ1) is 15.4. The van der Waals surface area contributed by atoms with Crippen molar-refractivity contribution in [3.8, 4) is 5.69 Å². The number of anilines is 1. The van der Waals surface area contributed by atoms with Crippen molar-refractivity contribution in [2.45, 2.75) is 13.0 Å². The molecule has 3 aromatic heterocycles. The Bertz CT molecular complexity index is 1550. The third-order valence-corrected chi connectivity index (χ3v) is 5.73. The van der Waals surface area contributed by atoms with E-state index in [1.807, 2.05) is 13.0 Å². The molecule has 0 aliphatic rings. The van der Waals surface area contributed by atoms with E-state index < -0.39 is 17.4 Å². The van der Waals surface area contributed by atoms with Gasteiger partial charge in [-0.2, -0.15) is 0 Å². The fourth-order valence-corrected chi connectivity index (χ4v) is 4.04. The summed E-state index contributed by atoms with van der Waals surface area (Å²) in [5, 5.41) is 4.86. The van der Waals surface area contributed by atoms with Gasteiger partial charge in [0.15, 0.2) is 11.5 Å². The number of hydrogen-bond donors (Lipinski definition) is 2. The highest BCUT2D eigenvalue weighted by molar-refractivity contribution is 6.34. The zero-order valence-corrected chi connectivity index (χ0v) is 18.1. The van der Waals surface area contributed by atoms with Crippen LogP contribution in [0.25, 0.3) is 27.6 Å². The molecule has 0 aliphatic carbocycles. The van der Waals surface area contributed by atoms with Crippen LogP contribution in [0.3, 0.4) is 0 Å². The van der Waals surface area contributed by atoms with Crippen LogP contribution in [0.5, 0.6) is 0 Å². The molecule has 160 valence electrons. The number of fused-ring (bicyclic) bond motifs is 2. The fraction of sp³-hybridized carbons (Fsp3) is 0.0909. The number of benzene rings is 2. The van der Waals surface area contributed by atoms with Gasteiger partial charge in [0.25, 0.3) is 5.56 Å². The summed E-state index contributed by atoms with van der Waals surface area (Å²) in [7, 11) is 0. The summed E-state index contributed by atoms with van der Waals surface area (Å²) in [6, 6.07) is 10.4. The maximum Gasteiger partial charge on any atom is 0.263 e. The number of hydrogen-bond acceptors (Lipinski definition) is 5. The third kappa shape index (κ3) is 3.47. The monoisotopic (exact) mass is 468 g/mol. The average Bonchev–Trinajstić information content (AvgIpc) is 3.26. The lowest BCUT2D eigenvalue weighted by Gasteiger charge is -2.22. The molecule has 0 radical (unpaired) electrons. The van der Waals surface area contributed by atoms with Crippen LogP contribution in [-0.4, -0.2) is 24.5 Å². The van der Waals surface area contributed by atoms with Gasteiger partial charge in [0.2, 0.25) is 0 Å². The molecule has 10 heteroatoms. The van der Waals surface area contributed by atoms with Gasteiger partial charge in [0, 0.05) is 10.7 Å². The number of nitrogens with one attached hydrogen (secondary N) is 2. The first kappa shape index (κ1) is 20.4. The predicted octanol–water partition coefficient (Wildman–Crippen LogP) is 5.28. The summed E-state index contributed by atoms with van der Waals surface area (Å²) in [5.74, 6) is -0.00156. The number of halogens is 3. The van der Waals surface area contributed by atoms with Crippen molar-refractivity contribution in [1.29, 1.82) is 0 Å². The van der Waals surface area contributed by atoms with Crippen LogP contribution in [-0.2, 0) is 0 Å². The molecule has 0 saturated carbocycles. The van der Waals surface area contributed by atoms with Crippen molar-refractivity contribution in [1.82, 2.24) is 24.5 Å². The van der Waals surface area contributed by atoms with E-state index in [2.05, 4.69) is 25.3 Å². The molecule has 5 aromatic rings. The lowest BCUT2D eigenvalue weighted by atomic mass is 10.1. The Morgan fingerprint density at radius 2 is 1.94 bits per heavy atom. The maximum absolute atomic E-state index is 13.9. The van der Waals surface area contributed by atoms with Crippen molar-refractivity contribution in [2.75, 3.05) is 5.32 Å². The standard InChI is InChI=1S/C22H15Cl2FN6O/c1-11(30-21-19-20(27-9-26-19)28-10-29-21)17-6-12-2-4-14(25)8-15(12)22(32)31(17)18-7-13(23)3-5-16(18)24/h2-11H,1H3,(H2,26,27,28,29,30)/t11-/m0/s1. The molecule has 2 aromatic carbocycles. The van der Waals surface area contributed by atoms with Crippen LogP contribution in [0.15, 0.2) is 59.9 Å². The molecule has 0 aliphatic heterocycles. The Kier molecular flexibility index (Phi) is 5.03. The molecule has 3 heterocycles.